The summed E-state index contributed by atoms with van der Waals surface area (Å²) >= 11 is 0. The Hall–Kier alpha value is -1.72. The van der Waals surface area contributed by atoms with Crippen molar-refractivity contribution in [3.8, 4) is 0 Å². The van der Waals surface area contributed by atoms with E-state index in [2.05, 4.69) is 10.6 Å². The van der Waals surface area contributed by atoms with E-state index in [0.717, 1.165) is 5.56 Å². The van der Waals surface area contributed by atoms with E-state index in [4.69, 9.17) is 0 Å². The Morgan fingerprint density at radius 3 is 2.33 bits per heavy atom. The van der Waals surface area contributed by atoms with Crippen molar-refractivity contribution in [2.45, 2.75) is 38.9 Å². The topological polar surface area (TPSA) is 78.4 Å². The molecule has 0 aliphatic carbocycles. The van der Waals surface area contributed by atoms with Gasteiger partial charge in [0.05, 0.1) is 24.7 Å². The average Bonchev–Trinajstić information content (AvgIpc) is 2.48. The van der Waals surface area contributed by atoms with E-state index in [1.165, 1.54) is 0 Å². The molecule has 0 saturated carbocycles. The molecule has 0 heterocycles. The molecule has 21 heavy (non-hydrogen) atoms. The first-order valence-corrected chi connectivity index (χ1v) is 7.17. The van der Waals surface area contributed by atoms with Crippen LogP contribution in [0.1, 0.15) is 32.4 Å². The summed E-state index contributed by atoms with van der Waals surface area (Å²) in [6, 6.07) is 8.15. The monoisotopic (exact) mass is 292 g/mol. The third-order valence-electron chi connectivity index (χ3n) is 3.29. The standard InChI is InChI=1S/C16H24N2O3/c1-11(2)15(16(21)17-12(3)9-19)18-14(10-20)13-7-5-4-6-8-13/h4-9,11-12,14-15,18,20H,10H2,1-3H3,(H,17,21)/t12-,14-,15-/m0/s1. The summed E-state index contributed by atoms with van der Waals surface area (Å²) in [7, 11) is 0. The van der Waals surface area contributed by atoms with Crippen molar-refractivity contribution in [2.24, 2.45) is 5.92 Å². The quantitative estimate of drug-likeness (QED) is 0.626. The Balaban J connectivity index is 2.81. The van der Waals surface area contributed by atoms with Gasteiger partial charge in [0.25, 0.3) is 0 Å². The summed E-state index contributed by atoms with van der Waals surface area (Å²) in [6.07, 6.45) is 0.690. The number of benzene rings is 1. The Bertz CT molecular complexity index is 448. The molecule has 1 aromatic carbocycles. The van der Waals surface area contributed by atoms with Gasteiger partial charge in [-0.25, -0.2) is 0 Å². The van der Waals surface area contributed by atoms with Gasteiger partial charge in [0.15, 0.2) is 0 Å². The van der Waals surface area contributed by atoms with Crippen LogP contribution in [0.5, 0.6) is 0 Å². The average molecular weight is 292 g/mol. The maximum atomic E-state index is 12.2. The zero-order valence-corrected chi connectivity index (χ0v) is 12.7. The molecule has 1 rings (SSSR count). The highest BCUT2D eigenvalue weighted by molar-refractivity contribution is 5.84. The van der Waals surface area contributed by atoms with E-state index in [1.54, 1.807) is 6.92 Å². The van der Waals surface area contributed by atoms with E-state index in [1.807, 2.05) is 44.2 Å². The summed E-state index contributed by atoms with van der Waals surface area (Å²) in [6.45, 7) is 5.36. The summed E-state index contributed by atoms with van der Waals surface area (Å²) in [4.78, 5) is 22.9. The van der Waals surface area contributed by atoms with E-state index < -0.39 is 12.1 Å². The third-order valence-corrected chi connectivity index (χ3v) is 3.29. The number of nitrogens with one attached hydrogen (secondary N) is 2. The van der Waals surface area contributed by atoms with E-state index >= 15 is 0 Å². The molecule has 1 amide bonds. The molecule has 0 fully saturated rings. The fourth-order valence-electron chi connectivity index (χ4n) is 2.08. The zero-order valence-electron chi connectivity index (χ0n) is 12.7. The van der Waals surface area contributed by atoms with Crippen molar-refractivity contribution < 1.29 is 14.7 Å². The molecule has 1 aromatic rings. The van der Waals surface area contributed by atoms with Crippen LogP contribution in [0.15, 0.2) is 30.3 Å². The number of carbonyl (C=O) groups is 2. The lowest BCUT2D eigenvalue weighted by Crippen LogP contribution is -2.51. The van der Waals surface area contributed by atoms with Crippen molar-refractivity contribution in [2.75, 3.05) is 6.61 Å². The van der Waals surface area contributed by atoms with Crippen LogP contribution in [0.2, 0.25) is 0 Å². The molecule has 0 aliphatic rings. The van der Waals surface area contributed by atoms with Gasteiger partial charge in [0.2, 0.25) is 5.91 Å². The van der Waals surface area contributed by atoms with Gasteiger partial charge in [-0.05, 0) is 18.4 Å². The molecular weight excluding hydrogens is 268 g/mol. The Morgan fingerprint density at radius 2 is 1.86 bits per heavy atom. The number of rotatable bonds is 8. The predicted octanol–water partition coefficient (Wildman–Crippen LogP) is 1.04. The molecule has 0 spiro atoms. The summed E-state index contributed by atoms with van der Waals surface area (Å²) in [5.74, 6) is -0.208. The van der Waals surface area contributed by atoms with Gasteiger partial charge in [-0.3, -0.25) is 10.1 Å². The SMILES string of the molecule is CC(C)[C@H](N[C@@H](CO)c1ccccc1)C(=O)N[C@@H](C)C=O. The van der Waals surface area contributed by atoms with Crippen LogP contribution in [0.4, 0.5) is 0 Å². The lowest BCUT2D eigenvalue weighted by Gasteiger charge is -2.27. The van der Waals surface area contributed by atoms with Gasteiger partial charge in [0.1, 0.15) is 6.29 Å². The van der Waals surface area contributed by atoms with Crippen molar-refractivity contribution in [1.82, 2.24) is 10.6 Å². The number of aldehydes is 1. The highest BCUT2D eigenvalue weighted by Gasteiger charge is 2.26. The minimum absolute atomic E-state index is 0.0293. The second-order valence-electron chi connectivity index (χ2n) is 5.47. The number of aliphatic hydroxyl groups is 1. The highest BCUT2D eigenvalue weighted by Crippen LogP contribution is 2.15. The molecular formula is C16H24N2O3. The van der Waals surface area contributed by atoms with Crippen LogP contribution >= 0.6 is 0 Å². The second kappa shape index (κ2) is 8.54. The lowest BCUT2D eigenvalue weighted by atomic mass is 9.99. The van der Waals surface area contributed by atoms with E-state index in [0.29, 0.717) is 6.29 Å². The van der Waals surface area contributed by atoms with Crippen molar-refractivity contribution in [3.05, 3.63) is 35.9 Å². The van der Waals surface area contributed by atoms with Gasteiger partial charge in [-0.1, -0.05) is 44.2 Å². The number of aliphatic hydroxyl groups excluding tert-OH is 1. The Kier molecular flexibility index (Phi) is 7.05. The first-order valence-electron chi connectivity index (χ1n) is 7.17. The molecule has 3 N–H and O–H groups in total. The normalized spacial score (nSPS) is 15.3. The van der Waals surface area contributed by atoms with Gasteiger partial charge in [-0.2, -0.15) is 0 Å². The summed E-state index contributed by atoms with van der Waals surface area (Å²) in [5.41, 5.74) is 0.918. The van der Waals surface area contributed by atoms with Gasteiger partial charge >= 0.3 is 0 Å². The highest BCUT2D eigenvalue weighted by atomic mass is 16.3. The zero-order chi connectivity index (χ0) is 15.8. The van der Waals surface area contributed by atoms with E-state index in [-0.39, 0.29) is 24.5 Å². The van der Waals surface area contributed by atoms with Crippen LogP contribution < -0.4 is 10.6 Å². The minimum atomic E-state index is -0.523. The molecule has 5 heteroatoms. The Labute approximate surface area is 125 Å². The van der Waals surface area contributed by atoms with E-state index in [9.17, 15) is 14.7 Å². The maximum Gasteiger partial charge on any atom is 0.237 e. The smallest absolute Gasteiger partial charge is 0.237 e. The fourth-order valence-corrected chi connectivity index (χ4v) is 2.08. The van der Waals surface area contributed by atoms with Crippen molar-refractivity contribution in [1.29, 1.82) is 0 Å². The van der Waals surface area contributed by atoms with Gasteiger partial charge in [0, 0.05) is 0 Å². The van der Waals surface area contributed by atoms with Crippen LogP contribution in [-0.4, -0.2) is 36.0 Å². The Morgan fingerprint density at radius 1 is 1.24 bits per heavy atom. The van der Waals surface area contributed by atoms with Crippen LogP contribution in [0.25, 0.3) is 0 Å². The first-order chi connectivity index (χ1) is 9.99. The molecule has 0 saturated heterocycles. The third kappa shape index (κ3) is 5.28. The minimum Gasteiger partial charge on any atom is -0.394 e. The van der Waals surface area contributed by atoms with Gasteiger partial charge < -0.3 is 15.2 Å². The van der Waals surface area contributed by atoms with Crippen molar-refractivity contribution >= 4 is 12.2 Å². The maximum absolute atomic E-state index is 12.2. The van der Waals surface area contributed by atoms with Crippen LogP contribution in [0, 0.1) is 5.92 Å². The summed E-state index contributed by atoms with van der Waals surface area (Å²) < 4.78 is 0. The molecule has 0 bridgehead atoms. The predicted molar refractivity (Wildman–Crippen MR) is 81.7 cm³/mol. The van der Waals surface area contributed by atoms with Crippen molar-refractivity contribution in [3.63, 3.8) is 0 Å². The largest absolute Gasteiger partial charge is 0.394 e. The number of amides is 1. The molecule has 0 aromatic heterocycles. The summed E-state index contributed by atoms with van der Waals surface area (Å²) in [5, 5.41) is 15.4. The first kappa shape index (κ1) is 17.3. The number of hydrogen-bond donors (Lipinski definition) is 3. The van der Waals surface area contributed by atoms with Crippen LogP contribution in [-0.2, 0) is 9.59 Å². The second-order valence-corrected chi connectivity index (χ2v) is 5.47. The number of carbonyl (C=O) groups excluding carboxylic acids is 2. The fraction of sp³-hybridized carbons (Fsp3) is 0.500. The lowest BCUT2D eigenvalue weighted by molar-refractivity contribution is -0.126. The molecule has 3 atom stereocenters. The molecule has 5 nitrogen and oxygen atoms in total. The molecule has 0 aliphatic heterocycles. The molecule has 0 unspecified atom stereocenters. The number of hydrogen-bond acceptors (Lipinski definition) is 4. The molecule has 116 valence electrons. The van der Waals surface area contributed by atoms with Crippen LogP contribution in [0.3, 0.4) is 0 Å². The van der Waals surface area contributed by atoms with Gasteiger partial charge in [-0.15, -0.1) is 0 Å². The molecule has 0 radical (unpaired) electrons.